The molecule has 1 aliphatic rings. The minimum absolute atomic E-state index is 0.431. The highest BCUT2D eigenvalue weighted by Crippen LogP contribution is 2.28. The number of nitrogens with two attached hydrogens (primary N) is 1. The van der Waals surface area contributed by atoms with Gasteiger partial charge in [-0.2, -0.15) is 0 Å². The van der Waals surface area contributed by atoms with Gasteiger partial charge in [0, 0.05) is 24.5 Å². The fourth-order valence-corrected chi connectivity index (χ4v) is 2.15. The first-order chi connectivity index (χ1) is 6.27. The quantitative estimate of drug-likeness (QED) is 0.712. The third kappa shape index (κ3) is 1.75. The van der Waals surface area contributed by atoms with Gasteiger partial charge >= 0.3 is 0 Å². The standard InChI is InChI=1S/C10H17N3/c1-8-12-6-7-13(8)10-4-2-9(11)3-5-10/h6-7,9-10H,2-5,11H2,1H3. The Balaban J connectivity index is 2.06. The van der Waals surface area contributed by atoms with E-state index in [1.54, 1.807) is 0 Å². The number of imidazole rings is 1. The first-order valence-electron chi connectivity index (χ1n) is 5.02. The number of aromatic nitrogens is 2. The Morgan fingerprint density at radius 3 is 2.62 bits per heavy atom. The lowest BCUT2D eigenvalue weighted by atomic mass is 9.91. The summed E-state index contributed by atoms with van der Waals surface area (Å²) in [6, 6.07) is 1.07. The molecule has 1 saturated carbocycles. The molecule has 1 heterocycles. The van der Waals surface area contributed by atoms with E-state index in [-0.39, 0.29) is 0 Å². The topological polar surface area (TPSA) is 43.8 Å². The number of nitrogens with zero attached hydrogens (tertiary/aromatic N) is 2. The molecule has 72 valence electrons. The predicted molar refractivity (Wildman–Crippen MR) is 52.4 cm³/mol. The number of aryl methyl sites for hydroxylation is 1. The van der Waals surface area contributed by atoms with Gasteiger partial charge in [0.15, 0.2) is 0 Å². The number of rotatable bonds is 1. The summed E-state index contributed by atoms with van der Waals surface area (Å²) in [5, 5.41) is 0. The van der Waals surface area contributed by atoms with Crippen LogP contribution in [-0.4, -0.2) is 15.6 Å². The highest BCUT2D eigenvalue weighted by Gasteiger charge is 2.20. The molecule has 3 heteroatoms. The lowest BCUT2D eigenvalue weighted by molar-refractivity contribution is 0.320. The van der Waals surface area contributed by atoms with Crippen LogP contribution in [0.25, 0.3) is 0 Å². The average Bonchev–Trinajstić information content (AvgIpc) is 2.53. The van der Waals surface area contributed by atoms with Crippen molar-refractivity contribution in [1.29, 1.82) is 0 Å². The van der Waals surface area contributed by atoms with E-state index in [0.29, 0.717) is 12.1 Å². The molecule has 0 spiro atoms. The summed E-state index contributed by atoms with van der Waals surface area (Å²) < 4.78 is 2.28. The predicted octanol–water partition coefficient (Wildman–Crippen LogP) is 1.63. The molecular weight excluding hydrogens is 162 g/mol. The van der Waals surface area contributed by atoms with Crippen LogP contribution in [0.5, 0.6) is 0 Å². The summed E-state index contributed by atoms with van der Waals surface area (Å²) in [5.41, 5.74) is 5.86. The maximum absolute atomic E-state index is 5.86. The van der Waals surface area contributed by atoms with Crippen molar-refractivity contribution in [2.45, 2.75) is 44.7 Å². The SMILES string of the molecule is Cc1nccn1C1CCC(N)CC1. The fraction of sp³-hybridized carbons (Fsp3) is 0.700. The van der Waals surface area contributed by atoms with Gasteiger partial charge < -0.3 is 10.3 Å². The van der Waals surface area contributed by atoms with Crippen LogP contribution in [0.1, 0.15) is 37.5 Å². The maximum atomic E-state index is 5.86. The zero-order chi connectivity index (χ0) is 9.26. The Kier molecular flexibility index (Phi) is 2.36. The average molecular weight is 179 g/mol. The van der Waals surface area contributed by atoms with Gasteiger partial charge in [0.1, 0.15) is 5.82 Å². The third-order valence-electron chi connectivity index (χ3n) is 3.00. The second-order valence-electron chi connectivity index (χ2n) is 3.95. The molecule has 3 nitrogen and oxygen atoms in total. The fourth-order valence-electron chi connectivity index (χ4n) is 2.15. The van der Waals surface area contributed by atoms with Crippen molar-refractivity contribution in [2.75, 3.05) is 0 Å². The van der Waals surface area contributed by atoms with Crippen LogP contribution in [0.3, 0.4) is 0 Å². The molecule has 2 rings (SSSR count). The van der Waals surface area contributed by atoms with Crippen LogP contribution < -0.4 is 5.73 Å². The Morgan fingerprint density at radius 2 is 2.08 bits per heavy atom. The van der Waals surface area contributed by atoms with Crippen molar-refractivity contribution in [2.24, 2.45) is 5.73 Å². The maximum Gasteiger partial charge on any atom is 0.105 e. The molecule has 0 bridgehead atoms. The van der Waals surface area contributed by atoms with E-state index in [1.165, 1.54) is 12.8 Å². The van der Waals surface area contributed by atoms with Crippen LogP contribution in [0, 0.1) is 6.92 Å². The summed E-state index contributed by atoms with van der Waals surface area (Å²) in [6.07, 6.45) is 8.68. The van der Waals surface area contributed by atoms with Gasteiger partial charge in [-0.1, -0.05) is 0 Å². The van der Waals surface area contributed by atoms with Crippen LogP contribution in [0.15, 0.2) is 12.4 Å². The van der Waals surface area contributed by atoms with Crippen molar-refractivity contribution >= 4 is 0 Å². The van der Waals surface area contributed by atoms with Crippen molar-refractivity contribution in [3.05, 3.63) is 18.2 Å². The second-order valence-corrected chi connectivity index (χ2v) is 3.95. The lowest BCUT2D eigenvalue weighted by Gasteiger charge is -2.27. The first kappa shape index (κ1) is 8.75. The highest BCUT2D eigenvalue weighted by atomic mass is 15.1. The van der Waals surface area contributed by atoms with E-state index >= 15 is 0 Å². The van der Waals surface area contributed by atoms with Crippen molar-refractivity contribution in [3.8, 4) is 0 Å². The second kappa shape index (κ2) is 3.50. The van der Waals surface area contributed by atoms with Gasteiger partial charge in [-0.25, -0.2) is 4.98 Å². The summed E-state index contributed by atoms with van der Waals surface area (Å²) in [4.78, 5) is 4.24. The minimum Gasteiger partial charge on any atom is -0.332 e. The van der Waals surface area contributed by atoms with Gasteiger partial charge in [-0.3, -0.25) is 0 Å². The number of hydrogen-bond donors (Lipinski definition) is 1. The van der Waals surface area contributed by atoms with Crippen LogP contribution >= 0.6 is 0 Å². The van der Waals surface area contributed by atoms with Crippen molar-refractivity contribution in [1.82, 2.24) is 9.55 Å². The molecule has 0 amide bonds. The molecule has 2 N–H and O–H groups in total. The Labute approximate surface area is 79.0 Å². The molecule has 1 aromatic heterocycles. The summed E-state index contributed by atoms with van der Waals surface area (Å²) in [5.74, 6) is 1.13. The zero-order valence-electron chi connectivity index (χ0n) is 8.11. The van der Waals surface area contributed by atoms with Gasteiger partial charge in [0.2, 0.25) is 0 Å². The normalized spacial score (nSPS) is 29.1. The largest absolute Gasteiger partial charge is 0.332 e. The molecule has 0 saturated heterocycles. The molecule has 1 fully saturated rings. The molecule has 0 atom stereocenters. The van der Waals surface area contributed by atoms with Crippen molar-refractivity contribution < 1.29 is 0 Å². The Bertz CT molecular complexity index is 271. The van der Waals surface area contributed by atoms with Gasteiger partial charge in [0.25, 0.3) is 0 Å². The third-order valence-corrected chi connectivity index (χ3v) is 3.00. The molecule has 1 aromatic rings. The van der Waals surface area contributed by atoms with E-state index in [9.17, 15) is 0 Å². The molecule has 0 unspecified atom stereocenters. The summed E-state index contributed by atoms with van der Waals surface area (Å²) in [6.45, 7) is 2.06. The van der Waals surface area contributed by atoms with E-state index in [1.807, 2.05) is 6.20 Å². The molecule has 1 aliphatic carbocycles. The first-order valence-corrected chi connectivity index (χ1v) is 5.02. The zero-order valence-corrected chi connectivity index (χ0v) is 8.11. The smallest absolute Gasteiger partial charge is 0.105 e. The Hall–Kier alpha value is -0.830. The van der Waals surface area contributed by atoms with Gasteiger partial charge in [-0.15, -0.1) is 0 Å². The van der Waals surface area contributed by atoms with Crippen LogP contribution in [0.2, 0.25) is 0 Å². The van der Waals surface area contributed by atoms with E-state index in [0.717, 1.165) is 18.7 Å². The molecule has 0 aromatic carbocycles. The van der Waals surface area contributed by atoms with Crippen molar-refractivity contribution in [3.63, 3.8) is 0 Å². The minimum atomic E-state index is 0.431. The summed E-state index contributed by atoms with van der Waals surface area (Å²) >= 11 is 0. The van der Waals surface area contributed by atoms with Crippen LogP contribution in [-0.2, 0) is 0 Å². The lowest BCUT2D eigenvalue weighted by Crippen LogP contribution is -2.27. The van der Waals surface area contributed by atoms with Crippen LogP contribution in [0.4, 0.5) is 0 Å². The Morgan fingerprint density at radius 1 is 1.38 bits per heavy atom. The molecule has 0 aliphatic heterocycles. The van der Waals surface area contributed by atoms with E-state index in [2.05, 4.69) is 22.7 Å². The van der Waals surface area contributed by atoms with E-state index in [4.69, 9.17) is 5.73 Å². The monoisotopic (exact) mass is 179 g/mol. The summed E-state index contributed by atoms with van der Waals surface area (Å²) in [7, 11) is 0. The highest BCUT2D eigenvalue weighted by molar-refractivity contribution is 4.93. The molecule has 0 radical (unpaired) electrons. The van der Waals surface area contributed by atoms with Gasteiger partial charge in [-0.05, 0) is 32.6 Å². The number of hydrogen-bond acceptors (Lipinski definition) is 2. The van der Waals surface area contributed by atoms with E-state index < -0.39 is 0 Å². The van der Waals surface area contributed by atoms with Gasteiger partial charge in [0.05, 0.1) is 0 Å². The molecular formula is C10H17N3. The molecule has 13 heavy (non-hydrogen) atoms.